The summed E-state index contributed by atoms with van der Waals surface area (Å²) < 4.78 is 39.1. The summed E-state index contributed by atoms with van der Waals surface area (Å²) in [7, 11) is 0. The molecule has 0 radical (unpaired) electrons. The van der Waals surface area contributed by atoms with Crippen molar-refractivity contribution in [1.82, 2.24) is 9.97 Å². The van der Waals surface area contributed by atoms with Crippen LogP contribution in [0.2, 0.25) is 0 Å². The van der Waals surface area contributed by atoms with E-state index in [4.69, 9.17) is 0 Å². The molecule has 8 heteroatoms. The van der Waals surface area contributed by atoms with Gasteiger partial charge in [-0.25, -0.2) is 9.97 Å². The number of nitrogens with one attached hydrogen (secondary N) is 2. The smallest absolute Gasteiger partial charge is 0.324 e. The number of para-hydroxylation sites is 2. The molecule has 3 aromatic rings. The number of nitrogens with zero attached hydrogens (tertiary/aromatic N) is 2. The fourth-order valence-electron chi connectivity index (χ4n) is 2.38. The quantitative estimate of drug-likeness (QED) is 0.690. The fraction of sp³-hybridized carbons (Fsp3) is 0.105. The number of alkyl halides is 3. The molecule has 1 amide bonds. The minimum Gasteiger partial charge on any atom is -0.324 e. The Morgan fingerprint density at radius 2 is 1.52 bits per heavy atom. The van der Waals surface area contributed by atoms with E-state index in [-0.39, 0.29) is 17.2 Å². The number of amides is 1. The molecule has 0 fully saturated rings. The van der Waals surface area contributed by atoms with Gasteiger partial charge >= 0.3 is 6.18 Å². The van der Waals surface area contributed by atoms with E-state index < -0.39 is 17.6 Å². The van der Waals surface area contributed by atoms with E-state index in [1.807, 2.05) is 19.1 Å². The first kappa shape index (κ1) is 18.4. The molecule has 3 rings (SSSR count). The molecule has 0 unspecified atom stereocenters. The van der Waals surface area contributed by atoms with E-state index in [0.29, 0.717) is 5.69 Å². The highest BCUT2D eigenvalue weighted by Crippen LogP contribution is 2.35. The first-order valence-electron chi connectivity index (χ1n) is 7.97. The van der Waals surface area contributed by atoms with Gasteiger partial charge in [0.15, 0.2) is 0 Å². The molecule has 138 valence electrons. The Hall–Kier alpha value is -3.42. The van der Waals surface area contributed by atoms with Crippen LogP contribution in [0.5, 0.6) is 0 Å². The van der Waals surface area contributed by atoms with Crippen LogP contribution in [-0.4, -0.2) is 15.9 Å². The molecule has 0 spiro atoms. The van der Waals surface area contributed by atoms with Crippen LogP contribution < -0.4 is 10.6 Å². The molecule has 0 saturated carbocycles. The van der Waals surface area contributed by atoms with Crippen molar-refractivity contribution in [2.45, 2.75) is 13.1 Å². The van der Waals surface area contributed by atoms with Crippen LogP contribution in [0.25, 0.3) is 0 Å². The number of rotatable bonds is 4. The molecule has 0 aliphatic heterocycles. The zero-order chi connectivity index (χ0) is 19.4. The Morgan fingerprint density at radius 3 is 2.15 bits per heavy atom. The summed E-state index contributed by atoms with van der Waals surface area (Å²) >= 11 is 0. The molecule has 1 heterocycles. The minimum absolute atomic E-state index is 0.0425. The first-order chi connectivity index (χ1) is 12.8. The number of halogens is 3. The van der Waals surface area contributed by atoms with E-state index in [0.717, 1.165) is 11.6 Å². The molecule has 27 heavy (non-hydrogen) atoms. The summed E-state index contributed by atoms with van der Waals surface area (Å²) in [4.78, 5) is 20.1. The predicted octanol–water partition coefficient (Wildman–Crippen LogP) is 4.80. The molecule has 1 aromatic heterocycles. The highest BCUT2D eigenvalue weighted by atomic mass is 19.4. The van der Waals surface area contributed by atoms with Crippen LogP contribution in [0.1, 0.15) is 21.5 Å². The van der Waals surface area contributed by atoms with E-state index in [1.165, 1.54) is 30.6 Å². The molecule has 2 N–H and O–H groups in total. The molecular formula is C19H15F3N4O. The largest absolute Gasteiger partial charge is 0.418 e. The molecule has 0 aliphatic rings. The second-order valence-electron chi connectivity index (χ2n) is 5.73. The predicted molar refractivity (Wildman–Crippen MR) is 95.9 cm³/mol. The topological polar surface area (TPSA) is 66.9 Å². The Bertz CT molecular complexity index is 956. The van der Waals surface area contributed by atoms with Crippen molar-refractivity contribution in [3.63, 3.8) is 0 Å². The number of hydrogen-bond donors (Lipinski definition) is 2. The highest BCUT2D eigenvalue weighted by molar-refractivity contribution is 6.04. The first-order valence-corrected chi connectivity index (χ1v) is 7.97. The average Bonchev–Trinajstić information content (AvgIpc) is 2.64. The third kappa shape index (κ3) is 4.41. The molecule has 0 saturated heterocycles. The van der Waals surface area contributed by atoms with Crippen molar-refractivity contribution >= 4 is 23.2 Å². The minimum atomic E-state index is -4.50. The summed E-state index contributed by atoms with van der Waals surface area (Å²) in [5, 5.41) is 5.27. The Balaban J connectivity index is 1.75. The van der Waals surface area contributed by atoms with Gasteiger partial charge in [-0.05, 0) is 30.7 Å². The van der Waals surface area contributed by atoms with Crippen molar-refractivity contribution in [3.05, 3.63) is 77.6 Å². The van der Waals surface area contributed by atoms with Crippen molar-refractivity contribution in [3.8, 4) is 0 Å². The Kier molecular flexibility index (Phi) is 5.07. The van der Waals surface area contributed by atoms with Crippen LogP contribution in [0.3, 0.4) is 0 Å². The van der Waals surface area contributed by atoms with Crippen molar-refractivity contribution < 1.29 is 18.0 Å². The third-order valence-corrected chi connectivity index (χ3v) is 3.79. The molecular weight excluding hydrogens is 357 g/mol. The summed E-state index contributed by atoms with van der Waals surface area (Å²) in [6, 6.07) is 12.3. The number of hydrogen-bond acceptors (Lipinski definition) is 4. The number of aromatic nitrogens is 2. The van der Waals surface area contributed by atoms with Gasteiger partial charge in [0.2, 0.25) is 5.95 Å². The SMILES string of the molecule is Cc1ccccc1NC(=O)c1cnc(Nc2ccccc2C(F)(F)F)nc1. The molecule has 0 aliphatic carbocycles. The fourth-order valence-corrected chi connectivity index (χ4v) is 2.38. The van der Waals surface area contributed by atoms with Crippen molar-refractivity contribution in [2.75, 3.05) is 10.6 Å². The molecule has 2 aromatic carbocycles. The van der Waals surface area contributed by atoms with Gasteiger partial charge in [0.25, 0.3) is 5.91 Å². The second kappa shape index (κ2) is 7.45. The maximum absolute atomic E-state index is 13.0. The second-order valence-corrected chi connectivity index (χ2v) is 5.73. The van der Waals surface area contributed by atoms with Gasteiger partial charge in [-0.15, -0.1) is 0 Å². The molecule has 5 nitrogen and oxygen atoms in total. The Labute approximate surface area is 153 Å². The van der Waals surface area contributed by atoms with E-state index in [1.54, 1.807) is 12.1 Å². The van der Waals surface area contributed by atoms with Gasteiger partial charge in [0.1, 0.15) is 0 Å². The van der Waals surface area contributed by atoms with Gasteiger partial charge < -0.3 is 10.6 Å². The van der Waals surface area contributed by atoms with E-state index >= 15 is 0 Å². The summed E-state index contributed by atoms with van der Waals surface area (Å²) in [6.07, 6.45) is -2.00. The van der Waals surface area contributed by atoms with E-state index in [2.05, 4.69) is 20.6 Å². The number of carbonyl (C=O) groups is 1. The van der Waals surface area contributed by atoms with Crippen LogP contribution in [0.4, 0.5) is 30.5 Å². The lowest BCUT2D eigenvalue weighted by molar-refractivity contribution is -0.136. The maximum atomic E-state index is 13.0. The van der Waals surface area contributed by atoms with Gasteiger partial charge in [-0.1, -0.05) is 30.3 Å². The number of carbonyl (C=O) groups excluding carboxylic acids is 1. The van der Waals surface area contributed by atoms with Crippen LogP contribution >= 0.6 is 0 Å². The standard InChI is InChI=1S/C19H15F3N4O/c1-12-6-2-4-8-15(12)25-17(27)13-10-23-18(24-11-13)26-16-9-5-3-7-14(16)19(20,21)22/h2-11H,1H3,(H,25,27)(H,23,24,26). The van der Waals surface area contributed by atoms with Crippen LogP contribution in [0.15, 0.2) is 60.9 Å². The number of aryl methyl sites for hydroxylation is 1. The van der Waals surface area contributed by atoms with Gasteiger partial charge in [-0.2, -0.15) is 13.2 Å². The lowest BCUT2D eigenvalue weighted by atomic mass is 10.1. The summed E-state index contributed by atoms with van der Waals surface area (Å²) in [5.41, 5.74) is 0.752. The van der Waals surface area contributed by atoms with Crippen LogP contribution in [0, 0.1) is 6.92 Å². The number of benzene rings is 2. The van der Waals surface area contributed by atoms with Crippen molar-refractivity contribution in [2.24, 2.45) is 0 Å². The monoisotopic (exact) mass is 372 g/mol. The lowest BCUT2D eigenvalue weighted by Crippen LogP contribution is -2.14. The van der Waals surface area contributed by atoms with E-state index in [9.17, 15) is 18.0 Å². The zero-order valence-corrected chi connectivity index (χ0v) is 14.2. The average molecular weight is 372 g/mol. The molecule has 0 bridgehead atoms. The maximum Gasteiger partial charge on any atom is 0.418 e. The van der Waals surface area contributed by atoms with Gasteiger partial charge in [0, 0.05) is 18.1 Å². The highest BCUT2D eigenvalue weighted by Gasteiger charge is 2.33. The third-order valence-electron chi connectivity index (χ3n) is 3.79. The Morgan fingerprint density at radius 1 is 0.926 bits per heavy atom. The lowest BCUT2D eigenvalue weighted by Gasteiger charge is -2.13. The number of anilines is 3. The molecule has 0 atom stereocenters. The van der Waals surface area contributed by atoms with Crippen molar-refractivity contribution in [1.29, 1.82) is 0 Å². The zero-order valence-electron chi connectivity index (χ0n) is 14.2. The van der Waals surface area contributed by atoms with Gasteiger partial charge in [0.05, 0.1) is 16.8 Å². The van der Waals surface area contributed by atoms with Gasteiger partial charge in [-0.3, -0.25) is 4.79 Å². The summed E-state index contributed by atoms with van der Waals surface area (Å²) in [5.74, 6) is -0.453. The summed E-state index contributed by atoms with van der Waals surface area (Å²) in [6.45, 7) is 1.86. The van der Waals surface area contributed by atoms with Crippen LogP contribution in [-0.2, 0) is 6.18 Å². The normalized spacial score (nSPS) is 11.1.